The molecule has 0 aliphatic carbocycles. The Bertz CT molecular complexity index is 403. The van der Waals surface area contributed by atoms with Crippen LogP contribution in [0.4, 0.5) is 0 Å². The van der Waals surface area contributed by atoms with Crippen LogP contribution in [0.2, 0.25) is 0 Å². The van der Waals surface area contributed by atoms with Gasteiger partial charge in [-0.05, 0) is 12.5 Å². The molecule has 12 heavy (non-hydrogen) atoms. The van der Waals surface area contributed by atoms with Crippen molar-refractivity contribution in [3.63, 3.8) is 0 Å². The van der Waals surface area contributed by atoms with Crippen LogP contribution in [-0.4, -0.2) is 14.8 Å². The van der Waals surface area contributed by atoms with Gasteiger partial charge in [-0.3, -0.25) is 9.67 Å². The van der Waals surface area contributed by atoms with Gasteiger partial charge >= 0.3 is 0 Å². The minimum Gasteiger partial charge on any atom is -0.266 e. The Morgan fingerprint density at radius 3 is 3.08 bits per heavy atom. The summed E-state index contributed by atoms with van der Waals surface area (Å²) in [4.78, 5) is 4.06. The third-order valence-electron chi connectivity index (χ3n) is 2.07. The number of hydrogen-bond acceptors (Lipinski definition) is 2. The standard InChI is InChI=1S/C9H11N3/c1-3-8-7-4-5-10-6-9(7)12(2)11-8/h4-6H,3H2,1-2H3. The lowest BCUT2D eigenvalue weighted by atomic mass is 10.2. The molecule has 0 aromatic carbocycles. The van der Waals surface area contributed by atoms with Crippen molar-refractivity contribution in [3.8, 4) is 0 Å². The van der Waals surface area contributed by atoms with Crippen LogP contribution >= 0.6 is 0 Å². The molecule has 2 aromatic rings. The van der Waals surface area contributed by atoms with Gasteiger partial charge in [0.15, 0.2) is 0 Å². The van der Waals surface area contributed by atoms with Crippen molar-refractivity contribution in [2.45, 2.75) is 13.3 Å². The molecule has 62 valence electrons. The number of hydrogen-bond donors (Lipinski definition) is 0. The van der Waals surface area contributed by atoms with Crippen LogP contribution in [0.25, 0.3) is 10.9 Å². The Morgan fingerprint density at radius 2 is 2.33 bits per heavy atom. The third-order valence-corrected chi connectivity index (χ3v) is 2.07. The molecule has 0 saturated heterocycles. The molecule has 2 aromatic heterocycles. The number of nitrogens with zero attached hydrogens (tertiary/aromatic N) is 3. The van der Waals surface area contributed by atoms with Crippen molar-refractivity contribution in [2.24, 2.45) is 7.05 Å². The highest BCUT2D eigenvalue weighted by Crippen LogP contribution is 2.15. The van der Waals surface area contributed by atoms with Crippen LogP contribution in [0, 0.1) is 0 Å². The highest BCUT2D eigenvalue weighted by Gasteiger charge is 2.04. The Balaban J connectivity index is 2.82. The van der Waals surface area contributed by atoms with E-state index in [9.17, 15) is 0 Å². The van der Waals surface area contributed by atoms with E-state index < -0.39 is 0 Å². The van der Waals surface area contributed by atoms with Crippen LogP contribution in [0.3, 0.4) is 0 Å². The topological polar surface area (TPSA) is 30.7 Å². The maximum absolute atomic E-state index is 4.38. The number of aryl methyl sites for hydroxylation is 2. The zero-order valence-corrected chi connectivity index (χ0v) is 7.28. The highest BCUT2D eigenvalue weighted by atomic mass is 15.3. The van der Waals surface area contributed by atoms with Gasteiger partial charge < -0.3 is 0 Å². The molecule has 0 fully saturated rings. The summed E-state index contributed by atoms with van der Waals surface area (Å²) in [6, 6.07) is 2.02. The zero-order chi connectivity index (χ0) is 8.55. The molecule has 0 aliphatic rings. The van der Waals surface area contributed by atoms with Gasteiger partial charge in [0.1, 0.15) is 0 Å². The molecule has 0 bridgehead atoms. The molecule has 0 aliphatic heterocycles. The number of rotatable bonds is 1. The van der Waals surface area contributed by atoms with Gasteiger partial charge in [0, 0.05) is 18.6 Å². The van der Waals surface area contributed by atoms with Gasteiger partial charge in [0.2, 0.25) is 0 Å². The van der Waals surface area contributed by atoms with E-state index >= 15 is 0 Å². The van der Waals surface area contributed by atoms with Crippen LogP contribution in [0.1, 0.15) is 12.6 Å². The second-order valence-corrected chi connectivity index (χ2v) is 2.82. The van der Waals surface area contributed by atoms with Crippen molar-refractivity contribution in [1.82, 2.24) is 14.8 Å². The molecule has 2 rings (SSSR count). The fourth-order valence-electron chi connectivity index (χ4n) is 1.44. The number of pyridine rings is 1. The van der Waals surface area contributed by atoms with E-state index in [4.69, 9.17) is 0 Å². The van der Waals surface area contributed by atoms with E-state index in [1.165, 1.54) is 5.39 Å². The summed E-state index contributed by atoms with van der Waals surface area (Å²) in [6.45, 7) is 2.11. The first-order valence-corrected chi connectivity index (χ1v) is 4.08. The lowest BCUT2D eigenvalue weighted by Crippen LogP contribution is -1.90. The fraction of sp³-hybridized carbons (Fsp3) is 0.333. The van der Waals surface area contributed by atoms with E-state index in [0.717, 1.165) is 17.6 Å². The zero-order valence-electron chi connectivity index (χ0n) is 7.28. The molecule has 0 N–H and O–H groups in total. The SMILES string of the molecule is CCc1nn(C)c2cnccc12. The predicted octanol–water partition coefficient (Wildman–Crippen LogP) is 1.53. The molecule has 0 saturated carbocycles. The molecule has 0 amide bonds. The lowest BCUT2D eigenvalue weighted by Gasteiger charge is -1.89. The van der Waals surface area contributed by atoms with Crippen molar-refractivity contribution < 1.29 is 0 Å². The Labute approximate surface area is 71.0 Å². The molecular formula is C9H11N3. The van der Waals surface area contributed by atoms with E-state index in [-0.39, 0.29) is 0 Å². The molecule has 3 heteroatoms. The first-order valence-electron chi connectivity index (χ1n) is 4.08. The van der Waals surface area contributed by atoms with E-state index in [1.807, 2.05) is 30.2 Å². The molecular weight excluding hydrogens is 150 g/mol. The molecule has 0 atom stereocenters. The molecule has 3 nitrogen and oxygen atoms in total. The third kappa shape index (κ3) is 0.897. The summed E-state index contributed by atoms with van der Waals surface area (Å²) in [5.41, 5.74) is 2.25. The van der Waals surface area contributed by atoms with Crippen LogP contribution in [-0.2, 0) is 13.5 Å². The quantitative estimate of drug-likeness (QED) is 0.635. The maximum Gasteiger partial charge on any atom is 0.0865 e. The smallest absolute Gasteiger partial charge is 0.0865 e. The average molecular weight is 161 g/mol. The van der Waals surface area contributed by atoms with Crippen molar-refractivity contribution in [2.75, 3.05) is 0 Å². The first-order chi connectivity index (χ1) is 5.83. The summed E-state index contributed by atoms with van der Waals surface area (Å²) in [5.74, 6) is 0. The molecule has 0 radical (unpaired) electrons. The summed E-state index contributed by atoms with van der Waals surface area (Å²) < 4.78 is 1.88. The maximum atomic E-state index is 4.38. The summed E-state index contributed by atoms with van der Waals surface area (Å²) >= 11 is 0. The van der Waals surface area contributed by atoms with Crippen LogP contribution in [0.5, 0.6) is 0 Å². The van der Waals surface area contributed by atoms with Crippen molar-refractivity contribution in [1.29, 1.82) is 0 Å². The van der Waals surface area contributed by atoms with Crippen molar-refractivity contribution >= 4 is 10.9 Å². The second kappa shape index (κ2) is 2.59. The monoisotopic (exact) mass is 161 g/mol. The van der Waals surface area contributed by atoms with Crippen molar-refractivity contribution in [3.05, 3.63) is 24.2 Å². The fourth-order valence-corrected chi connectivity index (χ4v) is 1.44. The minimum absolute atomic E-state index is 0.974. The average Bonchev–Trinajstić information content (AvgIpc) is 2.44. The highest BCUT2D eigenvalue weighted by molar-refractivity contribution is 5.80. The van der Waals surface area contributed by atoms with Crippen LogP contribution < -0.4 is 0 Å². The number of aromatic nitrogens is 3. The Kier molecular flexibility index (Phi) is 1.57. The van der Waals surface area contributed by atoms with E-state index in [0.29, 0.717) is 0 Å². The summed E-state index contributed by atoms with van der Waals surface area (Å²) in [5, 5.41) is 5.60. The molecule has 0 unspecified atom stereocenters. The van der Waals surface area contributed by atoms with E-state index in [2.05, 4.69) is 17.0 Å². The van der Waals surface area contributed by atoms with Gasteiger partial charge in [-0.2, -0.15) is 5.10 Å². The van der Waals surface area contributed by atoms with Gasteiger partial charge in [0.05, 0.1) is 17.4 Å². The summed E-state index contributed by atoms with van der Waals surface area (Å²) in [7, 11) is 1.95. The van der Waals surface area contributed by atoms with Gasteiger partial charge in [-0.1, -0.05) is 6.92 Å². The van der Waals surface area contributed by atoms with Gasteiger partial charge in [-0.15, -0.1) is 0 Å². The Morgan fingerprint density at radius 1 is 1.50 bits per heavy atom. The second-order valence-electron chi connectivity index (χ2n) is 2.82. The molecule has 2 heterocycles. The molecule has 0 spiro atoms. The van der Waals surface area contributed by atoms with E-state index in [1.54, 1.807) is 0 Å². The first kappa shape index (κ1) is 7.28. The normalized spacial score (nSPS) is 10.8. The minimum atomic E-state index is 0.974. The number of fused-ring (bicyclic) bond motifs is 1. The predicted molar refractivity (Wildman–Crippen MR) is 47.9 cm³/mol. The van der Waals surface area contributed by atoms with Gasteiger partial charge in [-0.25, -0.2) is 0 Å². The Hall–Kier alpha value is -1.38. The largest absolute Gasteiger partial charge is 0.266 e. The van der Waals surface area contributed by atoms with Gasteiger partial charge in [0.25, 0.3) is 0 Å². The lowest BCUT2D eigenvalue weighted by molar-refractivity contribution is 0.769. The van der Waals surface area contributed by atoms with Crippen LogP contribution in [0.15, 0.2) is 18.5 Å². The summed E-state index contributed by atoms with van der Waals surface area (Å²) in [6.07, 6.45) is 4.63.